The van der Waals surface area contributed by atoms with Crippen molar-refractivity contribution in [3.8, 4) is 5.75 Å². The van der Waals surface area contributed by atoms with E-state index in [1.54, 1.807) is 12.1 Å². The summed E-state index contributed by atoms with van der Waals surface area (Å²) in [6, 6.07) is 6.27. The molecule has 76 valence electrons. The highest BCUT2D eigenvalue weighted by Gasteiger charge is 2.41. The van der Waals surface area contributed by atoms with Gasteiger partial charge >= 0.3 is 0 Å². The van der Waals surface area contributed by atoms with Crippen molar-refractivity contribution in [2.75, 3.05) is 0 Å². The lowest BCUT2D eigenvalue weighted by Crippen LogP contribution is -2.50. The number of alkyl halides is 1. The molecule has 1 aromatic rings. The first-order valence-electron chi connectivity index (χ1n) is 4.84. The summed E-state index contributed by atoms with van der Waals surface area (Å²) in [4.78, 5) is 0. The quantitative estimate of drug-likeness (QED) is 0.760. The topological polar surface area (TPSA) is 46.2 Å². The van der Waals surface area contributed by atoms with E-state index in [4.69, 9.17) is 5.73 Å². The van der Waals surface area contributed by atoms with Gasteiger partial charge in [-0.15, -0.1) is 0 Å². The van der Waals surface area contributed by atoms with Gasteiger partial charge in [0.1, 0.15) is 11.9 Å². The van der Waals surface area contributed by atoms with Crippen molar-refractivity contribution < 1.29 is 9.50 Å². The molecule has 0 heterocycles. The molecule has 0 bridgehead atoms. The molecule has 1 aromatic carbocycles. The monoisotopic (exact) mass is 195 g/mol. The highest BCUT2D eigenvalue weighted by molar-refractivity contribution is 5.31. The predicted octanol–water partition coefficient (Wildman–Crippen LogP) is 2.28. The Labute approximate surface area is 82.5 Å². The SMILES string of the molecule is NC1(C(F)c2cccc(O)c2)CCC1. The normalized spacial score (nSPS) is 21.3. The zero-order valence-electron chi connectivity index (χ0n) is 7.91. The van der Waals surface area contributed by atoms with Crippen molar-refractivity contribution in [1.29, 1.82) is 0 Å². The number of hydrogen-bond donors (Lipinski definition) is 2. The van der Waals surface area contributed by atoms with Gasteiger partial charge < -0.3 is 10.8 Å². The maximum Gasteiger partial charge on any atom is 0.143 e. The second-order valence-electron chi connectivity index (χ2n) is 4.04. The molecule has 14 heavy (non-hydrogen) atoms. The zero-order valence-corrected chi connectivity index (χ0v) is 7.91. The van der Waals surface area contributed by atoms with Gasteiger partial charge in [0.15, 0.2) is 0 Å². The van der Waals surface area contributed by atoms with E-state index in [9.17, 15) is 9.50 Å². The number of phenols is 1. The van der Waals surface area contributed by atoms with Crippen LogP contribution in [0.4, 0.5) is 4.39 Å². The first-order chi connectivity index (χ1) is 6.62. The van der Waals surface area contributed by atoms with E-state index in [2.05, 4.69) is 0 Å². The highest BCUT2D eigenvalue weighted by atomic mass is 19.1. The smallest absolute Gasteiger partial charge is 0.143 e. The van der Waals surface area contributed by atoms with Crippen molar-refractivity contribution in [2.24, 2.45) is 5.73 Å². The first-order valence-corrected chi connectivity index (χ1v) is 4.84. The molecule has 0 aromatic heterocycles. The molecular formula is C11H14FNO. The molecule has 1 atom stereocenters. The molecule has 0 spiro atoms. The van der Waals surface area contributed by atoms with Crippen molar-refractivity contribution in [1.82, 2.24) is 0 Å². The van der Waals surface area contributed by atoms with E-state index in [1.807, 2.05) is 0 Å². The number of hydrogen-bond acceptors (Lipinski definition) is 2. The highest BCUT2D eigenvalue weighted by Crippen LogP contribution is 2.42. The summed E-state index contributed by atoms with van der Waals surface area (Å²) < 4.78 is 13.9. The fourth-order valence-corrected chi connectivity index (χ4v) is 1.85. The Morgan fingerprint density at radius 3 is 2.64 bits per heavy atom. The average Bonchev–Trinajstić information content (AvgIpc) is 2.13. The number of phenolic OH excluding ortho intramolecular Hbond substituents is 1. The van der Waals surface area contributed by atoms with Gasteiger partial charge in [0.2, 0.25) is 0 Å². The first kappa shape index (κ1) is 9.46. The maximum absolute atomic E-state index is 13.9. The Bertz CT molecular complexity index is 336. The van der Waals surface area contributed by atoms with Crippen LogP contribution < -0.4 is 5.73 Å². The molecule has 1 saturated carbocycles. The van der Waals surface area contributed by atoms with Crippen LogP contribution in [0.25, 0.3) is 0 Å². The van der Waals surface area contributed by atoms with Crippen molar-refractivity contribution >= 4 is 0 Å². The third-order valence-corrected chi connectivity index (χ3v) is 2.95. The Morgan fingerprint density at radius 2 is 2.14 bits per heavy atom. The van der Waals surface area contributed by atoms with Crippen molar-refractivity contribution in [2.45, 2.75) is 31.0 Å². The fraction of sp³-hybridized carbons (Fsp3) is 0.455. The van der Waals surface area contributed by atoms with Crippen LogP contribution in [-0.4, -0.2) is 10.6 Å². The number of nitrogens with two attached hydrogens (primary N) is 1. The molecule has 1 unspecified atom stereocenters. The minimum absolute atomic E-state index is 0.0908. The summed E-state index contributed by atoms with van der Waals surface area (Å²) in [5.41, 5.74) is 5.65. The van der Waals surface area contributed by atoms with Gasteiger partial charge in [-0.3, -0.25) is 0 Å². The molecule has 0 saturated heterocycles. The van der Waals surface area contributed by atoms with Crippen LogP contribution in [0.5, 0.6) is 5.75 Å². The molecule has 3 heteroatoms. The molecule has 2 nitrogen and oxygen atoms in total. The second-order valence-corrected chi connectivity index (χ2v) is 4.04. The number of halogens is 1. The second kappa shape index (κ2) is 3.24. The number of aromatic hydroxyl groups is 1. The third kappa shape index (κ3) is 1.48. The van der Waals surface area contributed by atoms with E-state index in [0.717, 1.165) is 19.3 Å². The molecule has 0 radical (unpaired) electrons. The van der Waals surface area contributed by atoms with Crippen LogP contribution in [0.3, 0.4) is 0 Å². The number of rotatable bonds is 2. The van der Waals surface area contributed by atoms with Crippen LogP contribution in [0, 0.1) is 0 Å². The van der Waals surface area contributed by atoms with E-state index >= 15 is 0 Å². The van der Waals surface area contributed by atoms with Crippen LogP contribution >= 0.6 is 0 Å². The summed E-state index contributed by atoms with van der Waals surface area (Å²) >= 11 is 0. The minimum Gasteiger partial charge on any atom is -0.508 e. The van der Waals surface area contributed by atoms with Gasteiger partial charge in [-0.25, -0.2) is 4.39 Å². The molecule has 1 fully saturated rings. The maximum atomic E-state index is 13.9. The molecular weight excluding hydrogens is 181 g/mol. The van der Waals surface area contributed by atoms with Crippen LogP contribution in [0.2, 0.25) is 0 Å². The Hall–Kier alpha value is -1.09. The lowest BCUT2D eigenvalue weighted by Gasteiger charge is -2.40. The Morgan fingerprint density at radius 1 is 1.43 bits per heavy atom. The lowest BCUT2D eigenvalue weighted by atomic mass is 9.72. The van der Waals surface area contributed by atoms with E-state index in [-0.39, 0.29) is 5.75 Å². The van der Waals surface area contributed by atoms with Crippen LogP contribution in [0.1, 0.15) is 31.0 Å². The van der Waals surface area contributed by atoms with Gasteiger partial charge in [0, 0.05) is 0 Å². The molecule has 1 aliphatic rings. The summed E-state index contributed by atoms with van der Waals surface area (Å²) in [5, 5.41) is 9.21. The summed E-state index contributed by atoms with van der Waals surface area (Å²) in [6.45, 7) is 0. The molecule has 0 amide bonds. The molecule has 2 rings (SSSR count). The lowest BCUT2D eigenvalue weighted by molar-refractivity contribution is 0.108. The van der Waals surface area contributed by atoms with Gasteiger partial charge in [-0.2, -0.15) is 0 Å². The molecule has 0 aliphatic heterocycles. The summed E-state index contributed by atoms with van der Waals surface area (Å²) in [7, 11) is 0. The van der Waals surface area contributed by atoms with Gasteiger partial charge in [0.05, 0.1) is 5.54 Å². The summed E-state index contributed by atoms with van der Waals surface area (Å²) in [6.07, 6.45) is 1.28. The Balaban J connectivity index is 2.22. The average molecular weight is 195 g/mol. The predicted molar refractivity (Wildman–Crippen MR) is 52.7 cm³/mol. The van der Waals surface area contributed by atoms with Gasteiger partial charge in [-0.1, -0.05) is 12.1 Å². The van der Waals surface area contributed by atoms with Crippen molar-refractivity contribution in [3.05, 3.63) is 29.8 Å². The van der Waals surface area contributed by atoms with E-state index < -0.39 is 11.7 Å². The standard InChI is InChI=1S/C11H14FNO/c12-10(11(13)5-2-6-11)8-3-1-4-9(14)7-8/h1,3-4,7,10,14H,2,5-6,13H2. The largest absolute Gasteiger partial charge is 0.508 e. The molecule has 1 aliphatic carbocycles. The van der Waals surface area contributed by atoms with Gasteiger partial charge in [-0.05, 0) is 37.0 Å². The van der Waals surface area contributed by atoms with E-state index in [1.165, 1.54) is 12.1 Å². The van der Waals surface area contributed by atoms with Crippen LogP contribution in [0.15, 0.2) is 24.3 Å². The zero-order chi connectivity index (χ0) is 10.2. The van der Waals surface area contributed by atoms with Crippen LogP contribution in [-0.2, 0) is 0 Å². The van der Waals surface area contributed by atoms with Gasteiger partial charge in [0.25, 0.3) is 0 Å². The minimum atomic E-state index is -1.16. The number of benzene rings is 1. The van der Waals surface area contributed by atoms with Crippen molar-refractivity contribution in [3.63, 3.8) is 0 Å². The Kier molecular flexibility index (Phi) is 2.19. The van der Waals surface area contributed by atoms with E-state index in [0.29, 0.717) is 5.56 Å². The summed E-state index contributed by atoms with van der Waals surface area (Å²) in [5.74, 6) is 0.0908. The fourth-order valence-electron chi connectivity index (χ4n) is 1.85. The molecule has 3 N–H and O–H groups in total. The third-order valence-electron chi connectivity index (χ3n) is 2.95.